The Hall–Kier alpha value is -2.51. The molecule has 6 nitrogen and oxygen atoms in total. The van der Waals surface area contributed by atoms with Gasteiger partial charge in [-0.25, -0.2) is 3.97 Å². The lowest BCUT2D eigenvalue weighted by Crippen LogP contribution is -2.15. The van der Waals surface area contributed by atoms with E-state index >= 15 is 0 Å². The number of hydrogen-bond acceptors (Lipinski definition) is 5. The van der Waals surface area contributed by atoms with Crippen LogP contribution in [0.25, 0.3) is 11.3 Å². The molecule has 3 rings (SSSR count). The van der Waals surface area contributed by atoms with E-state index in [4.69, 9.17) is 0 Å². The molecule has 0 radical (unpaired) electrons. The molecular weight excluding hydrogens is 312 g/mol. The highest BCUT2D eigenvalue weighted by molar-refractivity contribution is 7.90. The lowest BCUT2D eigenvalue weighted by molar-refractivity contribution is 0.581. The Bertz CT molecular complexity index is 890. The van der Waals surface area contributed by atoms with Crippen molar-refractivity contribution >= 4 is 10.0 Å². The van der Waals surface area contributed by atoms with Crippen molar-refractivity contribution in [2.45, 2.75) is 11.6 Å². The normalized spacial score (nSPS) is 11.5. The fourth-order valence-corrected chi connectivity index (χ4v) is 3.64. The summed E-state index contributed by atoms with van der Waals surface area (Å²) in [6, 6.07) is 14.2. The molecule has 1 aromatic carbocycles. The van der Waals surface area contributed by atoms with Gasteiger partial charge in [-0.15, -0.1) is 5.10 Å². The van der Waals surface area contributed by atoms with Gasteiger partial charge >= 0.3 is 0 Å². The van der Waals surface area contributed by atoms with Gasteiger partial charge in [0, 0.05) is 18.9 Å². The van der Waals surface area contributed by atoms with Gasteiger partial charge in [0.05, 0.1) is 5.69 Å². The molecule has 1 N–H and O–H groups in total. The maximum absolute atomic E-state index is 12.9. The third-order valence-electron chi connectivity index (χ3n) is 3.36. The van der Waals surface area contributed by atoms with Gasteiger partial charge in [-0.3, -0.25) is 0 Å². The third-order valence-corrected chi connectivity index (χ3v) is 4.93. The van der Waals surface area contributed by atoms with Gasteiger partial charge < -0.3 is 5.32 Å². The van der Waals surface area contributed by atoms with E-state index in [1.807, 2.05) is 43.4 Å². The largest absolute Gasteiger partial charge is 0.316 e. The van der Waals surface area contributed by atoms with E-state index in [9.17, 15) is 8.42 Å². The van der Waals surface area contributed by atoms with Gasteiger partial charge in [0.1, 0.15) is 0 Å². The predicted molar refractivity (Wildman–Crippen MR) is 87.2 cm³/mol. The number of aromatic nitrogens is 3. The summed E-state index contributed by atoms with van der Waals surface area (Å²) in [6.45, 7) is 0.572. The zero-order valence-electron chi connectivity index (χ0n) is 12.5. The van der Waals surface area contributed by atoms with Crippen LogP contribution in [0.4, 0.5) is 0 Å². The predicted octanol–water partition coefficient (Wildman–Crippen LogP) is 1.90. The summed E-state index contributed by atoms with van der Waals surface area (Å²) in [5.41, 5.74) is 2.29. The molecule has 2 heterocycles. The molecule has 0 amide bonds. The number of hydrogen-bond donors (Lipinski definition) is 1. The number of nitrogens with zero attached hydrogens (tertiary/aromatic N) is 3. The minimum absolute atomic E-state index is 0.0798. The molecule has 0 aliphatic carbocycles. The van der Waals surface area contributed by atoms with Crippen LogP contribution in [-0.4, -0.2) is 29.6 Å². The van der Waals surface area contributed by atoms with Crippen molar-refractivity contribution in [3.8, 4) is 11.3 Å². The van der Waals surface area contributed by atoms with Gasteiger partial charge in [-0.2, -0.15) is 13.5 Å². The average molecular weight is 328 g/mol. The van der Waals surface area contributed by atoms with Crippen LogP contribution in [0.15, 0.2) is 66.0 Å². The SMILES string of the molecule is CNCc1cc(-c2ccccc2)n(S(=O)(=O)c2cccnn2)c1. The molecule has 0 atom stereocenters. The van der Waals surface area contributed by atoms with E-state index in [0.717, 1.165) is 11.1 Å². The molecular formula is C16H16N4O2S. The molecule has 0 aliphatic heterocycles. The summed E-state index contributed by atoms with van der Waals surface area (Å²) >= 11 is 0. The standard InChI is InChI=1S/C16H16N4O2S/c1-17-11-13-10-15(14-6-3-2-4-7-14)20(12-13)23(21,22)16-8-5-9-18-19-16/h2-10,12,17H,11H2,1H3. The van der Waals surface area contributed by atoms with Crippen LogP contribution in [0.5, 0.6) is 0 Å². The van der Waals surface area contributed by atoms with Crippen LogP contribution in [0.2, 0.25) is 0 Å². The summed E-state index contributed by atoms with van der Waals surface area (Å²) in [5, 5.41) is 10.4. The van der Waals surface area contributed by atoms with Crippen molar-refractivity contribution in [3.63, 3.8) is 0 Å². The van der Waals surface area contributed by atoms with Gasteiger partial charge in [0.2, 0.25) is 0 Å². The molecule has 118 valence electrons. The van der Waals surface area contributed by atoms with Crippen molar-refractivity contribution in [2.24, 2.45) is 0 Å². The van der Waals surface area contributed by atoms with Gasteiger partial charge in [0.15, 0.2) is 5.03 Å². The van der Waals surface area contributed by atoms with Crippen LogP contribution in [0, 0.1) is 0 Å². The first kappa shape index (κ1) is 15.4. The quantitative estimate of drug-likeness (QED) is 0.774. The Morgan fingerprint density at radius 2 is 1.91 bits per heavy atom. The van der Waals surface area contributed by atoms with Crippen molar-refractivity contribution < 1.29 is 8.42 Å². The first-order valence-corrected chi connectivity index (χ1v) is 8.51. The molecule has 0 saturated carbocycles. The van der Waals surface area contributed by atoms with Gasteiger partial charge in [0.25, 0.3) is 10.0 Å². The topological polar surface area (TPSA) is 76.9 Å². The Balaban J connectivity index is 2.19. The average Bonchev–Trinajstić information content (AvgIpc) is 3.02. The van der Waals surface area contributed by atoms with Gasteiger partial charge in [-0.05, 0) is 36.4 Å². The van der Waals surface area contributed by atoms with Crippen LogP contribution >= 0.6 is 0 Å². The van der Waals surface area contributed by atoms with E-state index in [0.29, 0.717) is 12.2 Å². The maximum Gasteiger partial charge on any atom is 0.287 e. The first-order chi connectivity index (χ1) is 11.1. The van der Waals surface area contributed by atoms with Crippen molar-refractivity contribution in [3.05, 3.63) is 66.5 Å². The summed E-state index contributed by atoms with van der Waals surface area (Å²) in [7, 11) is -1.98. The molecule has 0 fully saturated rings. The lowest BCUT2D eigenvalue weighted by atomic mass is 10.1. The third kappa shape index (κ3) is 3.01. The Morgan fingerprint density at radius 1 is 1.13 bits per heavy atom. The highest BCUT2D eigenvalue weighted by Crippen LogP contribution is 2.26. The minimum Gasteiger partial charge on any atom is -0.316 e. The molecule has 0 bridgehead atoms. The van der Waals surface area contributed by atoms with Crippen molar-refractivity contribution in [1.29, 1.82) is 0 Å². The molecule has 0 unspecified atom stereocenters. The summed E-state index contributed by atoms with van der Waals surface area (Å²) in [5.74, 6) is 0. The zero-order chi connectivity index (χ0) is 16.3. The summed E-state index contributed by atoms with van der Waals surface area (Å²) < 4.78 is 27.0. The first-order valence-electron chi connectivity index (χ1n) is 7.07. The monoisotopic (exact) mass is 328 g/mol. The second-order valence-electron chi connectivity index (χ2n) is 4.99. The molecule has 7 heteroatoms. The van der Waals surface area contributed by atoms with E-state index in [1.54, 1.807) is 12.3 Å². The Labute approximate surface area is 134 Å². The fraction of sp³-hybridized carbons (Fsp3) is 0.125. The molecule has 0 spiro atoms. The van der Waals surface area contributed by atoms with Crippen molar-refractivity contribution in [2.75, 3.05) is 7.05 Å². The Kier molecular flexibility index (Phi) is 4.22. The molecule has 2 aromatic heterocycles. The van der Waals surface area contributed by atoms with Crippen LogP contribution in [-0.2, 0) is 16.6 Å². The molecule has 0 aliphatic rings. The zero-order valence-corrected chi connectivity index (χ0v) is 13.4. The van der Waals surface area contributed by atoms with Crippen LogP contribution < -0.4 is 5.32 Å². The lowest BCUT2D eigenvalue weighted by Gasteiger charge is -2.09. The van der Waals surface area contributed by atoms with E-state index in [1.165, 1.54) is 16.2 Å². The molecule has 0 saturated heterocycles. The minimum atomic E-state index is -3.80. The van der Waals surface area contributed by atoms with E-state index in [2.05, 4.69) is 15.5 Å². The van der Waals surface area contributed by atoms with Crippen LogP contribution in [0.3, 0.4) is 0 Å². The van der Waals surface area contributed by atoms with Crippen LogP contribution in [0.1, 0.15) is 5.56 Å². The second kappa shape index (κ2) is 6.31. The fourth-order valence-electron chi connectivity index (χ4n) is 2.34. The second-order valence-corrected chi connectivity index (χ2v) is 6.75. The smallest absolute Gasteiger partial charge is 0.287 e. The van der Waals surface area contributed by atoms with Gasteiger partial charge in [-0.1, -0.05) is 30.3 Å². The summed E-state index contributed by atoms with van der Waals surface area (Å²) in [4.78, 5) is 0. The highest BCUT2D eigenvalue weighted by Gasteiger charge is 2.23. The van der Waals surface area contributed by atoms with E-state index < -0.39 is 10.0 Å². The number of rotatable bonds is 5. The Morgan fingerprint density at radius 3 is 2.57 bits per heavy atom. The number of nitrogens with one attached hydrogen (secondary N) is 1. The summed E-state index contributed by atoms with van der Waals surface area (Å²) in [6.07, 6.45) is 3.06. The molecule has 23 heavy (non-hydrogen) atoms. The molecule has 3 aromatic rings. The van der Waals surface area contributed by atoms with Crippen molar-refractivity contribution in [1.82, 2.24) is 19.5 Å². The highest BCUT2D eigenvalue weighted by atomic mass is 32.2. The maximum atomic E-state index is 12.9. The number of benzene rings is 1. The van der Waals surface area contributed by atoms with E-state index in [-0.39, 0.29) is 5.03 Å².